The number of nitrogens with one attached hydrogen (secondary N) is 2. The summed E-state index contributed by atoms with van der Waals surface area (Å²) < 4.78 is 39.6. The van der Waals surface area contributed by atoms with Crippen molar-refractivity contribution in [3.8, 4) is 17.6 Å². The van der Waals surface area contributed by atoms with Crippen molar-refractivity contribution in [1.82, 2.24) is 15.3 Å². The Morgan fingerprint density at radius 3 is 2.04 bits per heavy atom. The summed E-state index contributed by atoms with van der Waals surface area (Å²) in [4.78, 5) is 27.8. The first-order valence-corrected chi connectivity index (χ1v) is 29.7. The van der Waals surface area contributed by atoms with Crippen molar-refractivity contribution in [2.45, 2.75) is 169 Å². The molecule has 3 fully saturated rings. The SMILES string of the molecule is COc1ccc(C(OCC(COP(OCCC#N)N(C(C)C)C(C)C)NC(=O)CNC(=O)O[C@H]2CC[C@@]3(C)C(=CCC4C3CC[C@@]3(C)C4CC[C@@H]3[C@H](C)CCCC(C)C)C2)(c2ccccc2)c2ccc(OC)cc2)cc1. The summed E-state index contributed by atoms with van der Waals surface area (Å²) in [6.45, 7) is 20.6. The second kappa shape index (κ2) is 26.9. The van der Waals surface area contributed by atoms with Crippen LogP contribution in [0.5, 0.6) is 11.5 Å². The quantitative estimate of drug-likeness (QED) is 0.0345. The maximum absolute atomic E-state index is 14.1. The van der Waals surface area contributed by atoms with Crippen molar-refractivity contribution in [3.63, 3.8) is 0 Å². The van der Waals surface area contributed by atoms with Crippen molar-refractivity contribution >= 4 is 20.5 Å². The smallest absolute Gasteiger partial charge is 0.407 e. The van der Waals surface area contributed by atoms with Crippen molar-refractivity contribution in [3.05, 3.63) is 107 Å². The van der Waals surface area contributed by atoms with E-state index in [4.69, 9.17) is 28.0 Å². The number of amides is 2. The minimum Gasteiger partial charge on any atom is -0.497 e. The van der Waals surface area contributed by atoms with E-state index in [2.05, 4.69) is 89.8 Å². The molecule has 3 aromatic rings. The standard InChI is InChI=1S/C63H91N4O8P/c1-43(2)17-15-18-46(7)56-31-32-57-55-30-25-50-39-54(33-35-61(50,8)58(55)34-36-62(56,57)9)75-60(69)65-40-59(68)66-51(42-74-76(73-38-16-37-64)67(44(3)4)45(5)6)41-72-63(47-19-13-12-14-20-47,48-21-26-52(70-10)27-22-48)49-23-28-53(71-11)29-24-49/h12-14,19-29,43-46,51,54-58H,15-18,30-36,38-42H2,1-11H3,(H,65,69)(H,66,68)/t46-,51?,54+,55?,56-,57?,58?,61+,62-,76?/m1/s1. The van der Waals surface area contributed by atoms with Crippen LogP contribution < -0.4 is 20.1 Å². The number of allylic oxidation sites excluding steroid dienone is 1. The molecule has 3 saturated carbocycles. The summed E-state index contributed by atoms with van der Waals surface area (Å²) in [6.07, 6.45) is 15.0. The number of hydrogen-bond donors (Lipinski definition) is 2. The molecule has 4 aliphatic carbocycles. The molecule has 5 unspecified atom stereocenters. The molecule has 10 atom stereocenters. The predicted molar refractivity (Wildman–Crippen MR) is 303 cm³/mol. The Morgan fingerprint density at radius 2 is 1.43 bits per heavy atom. The summed E-state index contributed by atoms with van der Waals surface area (Å²) >= 11 is 0. The average molecular weight is 1060 g/mol. The molecule has 0 aromatic heterocycles. The van der Waals surface area contributed by atoms with Gasteiger partial charge in [0.05, 0.1) is 52.6 Å². The monoisotopic (exact) mass is 1060 g/mol. The van der Waals surface area contributed by atoms with E-state index in [9.17, 15) is 14.9 Å². The summed E-state index contributed by atoms with van der Waals surface area (Å²) in [5.74, 6) is 5.55. The van der Waals surface area contributed by atoms with Crippen LogP contribution in [0.4, 0.5) is 4.79 Å². The molecule has 76 heavy (non-hydrogen) atoms. The highest BCUT2D eigenvalue weighted by Gasteiger charge is 2.59. The van der Waals surface area contributed by atoms with Gasteiger partial charge in [0.15, 0.2) is 0 Å². The fourth-order valence-corrected chi connectivity index (χ4v) is 15.9. The van der Waals surface area contributed by atoms with Crippen LogP contribution in [0.1, 0.15) is 156 Å². The van der Waals surface area contributed by atoms with Gasteiger partial charge in [-0.1, -0.05) is 120 Å². The Morgan fingerprint density at radius 1 is 0.789 bits per heavy atom. The molecule has 416 valence electrons. The van der Waals surface area contributed by atoms with Crippen molar-refractivity contribution in [1.29, 1.82) is 5.26 Å². The van der Waals surface area contributed by atoms with E-state index in [0.29, 0.717) is 22.8 Å². The number of methoxy groups -OCH3 is 2. The van der Waals surface area contributed by atoms with Crippen LogP contribution in [0.15, 0.2) is 90.5 Å². The van der Waals surface area contributed by atoms with E-state index in [0.717, 1.165) is 72.0 Å². The number of carbonyl (C=O) groups is 2. The lowest BCUT2D eigenvalue weighted by Gasteiger charge is -2.58. The zero-order chi connectivity index (χ0) is 54.6. The highest BCUT2D eigenvalue weighted by atomic mass is 31.2. The molecule has 7 rings (SSSR count). The van der Waals surface area contributed by atoms with Crippen LogP contribution in [0.25, 0.3) is 0 Å². The van der Waals surface area contributed by atoms with E-state index < -0.39 is 32.2 Å². The summed E-state index contributed by atoms with van der Waals surface area (Å²) in [5.41, 5.74) is 3.38. The third-order valence-corrected chi connectivity index (χ3v) is 20.1. The Hall–Kier alpha value is -4.50. The fourth-order valence-electron chi connectivity index (χ4n) is 14.3. The fraction of sp³-hybridized carbons (Fsp3) is 0.635. The Labute approximate surface area is 457 Å². The van der Waals surface area contributed by atoms with Crippen LogP contribution in [0.2, 0.25) is 0 Å². The average Bonchev–Trinajstić information content (AvgIpc) is 3.84. The highest BCUT2D eigenvalue weighted by Crippen LogP contribution is 2.67. The van der Waals surface area contributed by atoms with Gasteiger partial charge in [0.25, 0.3) is 8.53 Å². The number of hydrogen-bond acceptors (Lipinski definition) is 10. The molecule has 0 bridgehead atoms. The molecule has 3 aromatic carbocycles. The van der Waals surface area contributed by atoms with Gasteiger partial charge in [0.1, 0.15) is 29.7 Å². The lowest BCUT2D eigenvalue weighted by Crippen LogP contribution is -2.51. The number of benzene rings is 3. The number of carbonyl (C=O) groups excluding carboxylic acids is 2. The summed E-state index contributed by atoms with van der Waals surface area (Å²) in [6, 6.07) is 27.1. The third-order valence-electron chi connectivity index (χ3n) is 18.0. The molecule has 2 amide bonds. The van der Waals surface area contributed by atoms with Gasteiger partial charge >= 0.3 is 6.09 Å². The number of ether oxygens (including phenoxy) is 4. The number of nitrogens with zero attached hydrogens (tertiary/aromatic N) is 2. The van der Waals surface area contributed by atoms with E-state index in [-0.39, 0.29) is 56.4 Å². The van der Waals surface area contributed by atoms with Crippen LogP contribution in [0, 0.1) is 57.7 Å². The highest BCUT2D eigenvalue weighted by molar-refractivity contribution is 7.44. The lowest BCUT2D eigenvalue weighted by molar-refractivity contribution is -0.122. The van der Waals surface area contributed by atoms with E-state index >= 15 is 0 Å². The van der Waals surface area contributed by atoms with Gasteiger partial charge in [-0.15, -0.1) is 0 Å². The molecule has 13 heteroatoms. The van der Waals surface area contributed by atoms with Crippen LogP contribution in [-0.4, -0.2) is 81.5 Å². The maximum atomic E-state index is 14.1. The second-order valence-corrected chi connectivity index (χ2v) is 25.3. The Balaban J connectivity index is 1.05. The molecular formula is C63H91N4O8P. The first-order valence-electron chi connectivity index (χ1n) is 28.6. The molecular weight excluding hydrogens is 972 g/mol. The predicted octanol–water partition coefficient (Wildman–Crippen LogP) is 13.9. The lowest BCUT2D eigenvalue weighted by atomic mass is 9.47. The second-order valence-electron chi connectivity index (χ2n) is 23.8. The van der Waals surface area contributed by atoms with Crippen molar-refractivity contribution in [2.75, 3.05) is 40.6 Å². The molecule has 0 heterocycles. The molecule has 0 radical (unpaired) electrons. The third kappa shape index (κ3) is 13.7. The van der Waals surface area contributed by atoms with Gasteiger partial charge in [-0.3, -0.25) is 4.79 Å². The minimum atomic E-state index is -1.66. The van der Waals surface area contributed by atoms with Crippen LogP contribution in [-0.2, 0) is 28.9 Å². The molecule has 12 nitrogen and oxygen atoms in total. The zero-order valence-electron chi connectivity index (χ0n) is 47.8. The zero-order valence-corrected chi connectivity index (χ0v) is 48.7. The van der Waals surface area contributed by atoms with Gasteiger partial charge < -0.3 is 38.6 Å². The van der Waals surface area contributed by atoms with Gasteiger partial charge in [0, 0.05) is 18.5 Å². The van der Waals surface area contributed by atoms with Gasteiger partial charge in [-0.25, -0.2) is 9.46 Å². The van der Waals surface area contributed by atoms with Gasteiger partial charge in [-0.2, -0.15) is 5.26 Å². The number of alkyl carbamates (subject to hydrolysis) is 1. The number of nitriles is 1. The molecule has 4 aliphatic rings. The maximum Gasteiger partial charge on any atom is 0.407 e. The molecule has 0 spiro atoms. The molecule has 0 aliphatic heterocycles. The Kier molecular flexibility index (Phi) is 20.9. The first kappa shape index (κ1) is 59.2. The van der Waals surface area contributed by atoms with E-state index in [1.54, 1.807) is 14.2 Å². The normalized spacial score (nSPS) is 25.4. The molecule has 0 saturated heterocycles. The van der Waals surface area contributed by atoms with E-state index in [1.165, 1.54) is 50.5 Å². The summed E-state index contributed by atoms with van der Waals surface area (Å²) in [5, 5.41) is 15.3. The van der Waals surface area contributed by atoms with Gasteiger partial charge in [-0.05, 0) is 160 Å². The number of rotatable bonds is 26. The molecule has 2 N–H and O–H groups in total. The largest absolute Gasteiger partial charge is 0.497 e. The van der Waals surface area contributed by atoms with Crippen LogP contribution >= 0.6 is 8.53 Å². The summed E-state index contributed by atoms with van der Waals surface area (Å²) in [7, 11) is 1.62. The minimum absolute atomic E-state index is 0.0101. The Bertz CT molecular complexity index is 2340. The first-order chi connectivity index (χ1) is 36.5. The topological polar surface area (TPSA) is 141 Å². The van der Waals surface area contributed by atoms with E-state index in [1.807, 2.05) is 78.9 Å². The number of fused-ring (bicyclic) bond motifs is 5. The van der Waals surface area contributed by atoms with Crippen LogP contribution in [0.3, 0.4) is 0 Å². The van der Waals surface area contributed by atoms with Crippen molar-refractivity contribution < 1.29 is 37.6 Å². The van der Waals surface area contributed by atoms with Crippen molar-refractivity contribution in [2.24, 2.45) is 46.3 Å². The van der Waals surface area contributed by atoms with Gasteiger partial charge in [0.2, 0.25) is 5.91 Å².